The summed E-state index contributed by atoms with van der Waals surface area (Å²) in [5, 5.41) is 3.32. The van der Waals surface area contributed by atoms with E-state index in [4.69, 9.17) is 11.6 Å². The van der Waals surface area contributed by atoms with Crippen molar-refractivity contribution in [3.8, 4) is 11.3 Å². The second-order valence-corrected chi connectivity index (χ2v) is 2.05. The van der Waals surface area contributed by atoms with Crippen LogP contribution >= 0.6 is 27.5 Å². The molecular weight excluding hydrogens is 200 g/mol. The molecule has 0 bridgehead atoms. The van der Waals surface area contributed by atoms with Crippen LogP contribution in [-0.2, 0) is 0 Å². The van der Waals surface area contributed by atoms with Crippen LogP contribution in [0.15, 0.2) is 0 Å². The van der Waals surface area contributed by atoms with Crippen molar-refractivity contribution in [1.29, 1.82) is 0 Å². The molecule has 0 aliphatic heterocycles. The van der Waals surface area contributed by atoms with Crippen LogP contribution in [0.25, 0.3) is 0 Å². The van der Waals surface area contributed by atoms with Gasteiger partial charge in [0, 0.05) is 17.1 Å². The van der Waals surface area contributed by atoms with Crippen LogP contribution in [-0.4, -0.2) is 28.4 Å². The van der Waals surface area contributed by atoms with E-state index in [2.05, 4.69) is 27.2 Å². The minimum Gasteiger partial charge on any atom is -1.00 e. The summed E-state index contributed by atoms with van der Waals surface area (Å²) < 4.78 is 0. The van der Waals surface area contributed by atoms with Crippen molar-refractivity contribution < 1.29 is 2.85 Å². The summed E-state index contributed by atoms with van der Waals surface area (Å²) >= 11 is 8.33. The van der Waals surface area contributed by atoms with E-state index in [1.54, 1.807) is 0 Å². The summed E-state index contributed by atoms with van der Waals surface area (Å²) in [7, 11) is 0. The van der Waals surface area contributed by atoms with E-state index >= 15 is 0 Å². The minimum atomic E-state index is 0. The van der Waals surface area contributed by atoms with Gasteiger partial charge in [0.25, 0.3) is 0 Å². The normalized spacial score (nSPS) is 6.25. The van der Waals surface area contributed by atoms with Gasteiger partial charge in [-0.15, -0.1) is 0 Å². The second kappa shape index (κ2) is 11.0. The molecule has 0 aliphatic carbocycles. The van der Waals surface area contributed by atoms with Crippen molar-refractivity contribution in [2.45, 2.75) is 12.8 Å². The van der Waals surface area contributed by atoms with Crippen LogP contribution in [0.2, 0.25) is 0 Å². The van der Waals surface area contributed by atoms with Gasteiger partial charge in [-0.1, -0.05) is 21.9 Å². The largest absolute Gasteiger partial charge is 2.00 e. The summed E-state index contributed by atoms with van der Waals surface area (Å²) in [6, 6.07) is 0. The molecule has 0 atom stereocenters. The Kier molecular flexibility index (Phi) is 16.2. The van der Waals surface area contributed by atoms with Gasteiger partial charge in [0.1, 0.15) is 0 Å². The van der Waals surface area contributed by atoms with Gasteiger partial charge in [-0.05, 0) is 18.0 Å². The number of rotatable bonds is 2. The van der Waals surface area contributed by atoms with E-state index in [9.17, 15) is 0 Å². The van der Waals surface area contributed by atoms with Crippen LogP contribution in [0.4, 0.5) is 0 Å². The number of hydrogen-bond donors (Lipinski definition) is 0. The van der Waals surface area contributed by atoms with Crippen LogP contribution in [0, 0.1) is 11.3 Å². The molecule has 0 N–H and O–H groups in total. The van der Waals surface area contributed by atoms with Crippen molar-refractivity contribution >= 4 is 50.6 Å². The molecule has 0 nitrogen and oxygen atoms in total. The molecule has 0 aromatic heterocycles. The van der Waals surface area contributed by atoms with E-state index in [0.29, 0.717) is 0 Å². The fourth-order valence-electron chi connectivity index (χ4n) is 0.202. The third kappa shape index (κ3) is 10.2. The molecule has 8 heavy (non-hydrogen) atoms. The van der Waals surface area contributed by atoms with Gasteiger partial charge in [-0.25, -0.2) is 0 Å². The Morgan fingerprint density at radius 3 is 2.62 bits per heavy atom. The van der Waals surface area contributed by atoms with E-state index in [-0.39, 0.29) is 25.9 Å². The van der Waals surface area contributed by atoms with E-state index in [0.717, 1.165) is 18.2 Å². The third-order valence-corrected chi connectivity index (χ3v) is 1.20. The maximum absolute atomic E-state index is 5.06. The Bertz CT molecular complexity index is 91.4. The smallest absolute Gasteiger partial charge is 1.00 e. The van der Waals surface area contributed by atoms with Crippen LogP contribution in [0.1, 0.15) is 15.7 Å². The molecule has 0 saturated carbocycles. The fourth-order valence-corrected chi connectivity index (χ4v) is 0.577. The van der Waals surface area contributed by atoms with Crippen molar-refractivity contribution in [3.05, 3.63) is 0 Å². The molecule has 0 unspecified atom stereocenters. The molecule has 0 spiro atoms. The molecule has 0 radical (unpaired) electrons. The van der Waals surface area contributed by atoms with Gasteiger partial charge in [0.05, 0.1) is 0 Å². The van der Waals surface area contributed by atoms with Crippen molar-refractivity contribution in [2.75, 3.05) is 5.33 Å². The first-order valence-corrected chi connectivity index (χ1v) is 3.56. The number of unbranched alkanes of at least 4 members (excludes halogenated alkanes) is 1. The van der Waals surface area contributed by atoms with Gasteiger partial charge in [0.2, 0.25) is 0 Å². The average molecular weight is 208 g/mol. The predicted octanol–water partition coefficient (Wildman–Crippen LogP) is 2.21. The molecular formula is C5H8BrClMg. The summed E-state index contributed by atoms with van der Waals surface area (Å²) in [4.78, 5) is 0. The fraction of sp³-hybridized carbons (Fsp3) is 0.600. The Labute approximate surface area is 82.6 Å². The van der Waals surface area contributed by atoms with Gasteiger partial charge in [-0.2, -0.15) is 0 Å². The van der Waals surface area contributed by atoms with E-state index in [1.165, 1.54) is 0 Å². The molecule has 0 amide bonds. The molecule has 0 fully saturated rings. The summed E-state index contributed by atoms with van der Waals surface area (Å²) in [6.07, 6.45) is 1.98. The third-order valence-electron chi connectivity index (χ3n) is 0.502. The Hall–Kier alpha value is 1.10. The van der Waals surface area contributed by atoms with Gasteiger partial charge < -0.3 is 2.85 Å². The minimum absolute atomic E-state index is 0. The zero-order chi connectivity index (χ0) is 5.54. The molecule has 0 rings (SSSR count). The van der Waals surface area contributed by atoms with Crippen LogP contribution in [0.5, 0.6) is 0 Å². The van der Waals surface area contributed by atoms with Gasteiger partial charge in [0.15, 0.2) is 0 Å². The average Bonchev–Trinajstić information content (AvgIpc) is 1.69. The molecule has 0 saturated heterocycles. The Balaban J connectivity index is -0.0000000600. The topological polar surface area (TPSA) is 0 Å². The summed E-state index contributed by atoms with van der Waals surface area (Å²) in [6.45, 7) is 0. The predicted molar refractivity (Wildman–Crippen MR) is 44.6 cm³/mol. The quantitative estimate of drug-likeness (QED) is 0.282. The van der Waals surface area contributed by atoms with Crippen molar-refractivity contribution in [2.24, 2.45) is 0 Å². The zero-order valence-electron chi connectivity index (χ0n) is 6.58. The van der Waals surface area contributed by atoms with Crippen LogP contribution < -0.4 is 0 Å². The molecule has 3 heteroatoms. The Morgan fingerprint density at radius 2 is 2.25 bits per heavy atom. The van der Waals surface area contributed by atoms with E-state index < -0.39 is 0 Å². The Morgan fingerprint density at radius 1 is 1.62 bits per heavy atom. The summed E-state index contributed by atoms with van der Waals surface area (Å²) in [5.41, 5.74) is 0. The standard InChI is InChI=1S/C5H6BrCl.Mg.2H/c6-4-2-1-3-5-7;;;/h1-2,4H2;;;/q;+2;2*-1. The first kappa shape index (κ1) is 11.8. The van der Waals surface area contributed by atoms with Gasteiger partial charge >= 0.3 is 23.1 Å². The summed E-state index contributed by atoms with van der Waals surface area (Å²) in [5.74, 6) is 2.73. The number of halogens is 2. The molecule has 0 heterocycles. The van der Waals surface area contributed by atoms with Crippen molar-refractivity contribution in [3.63, 3.8) is 0 Å². The molecule has 44 valence electrons. The molecule has 0 aromatic carbocycles. The molecule has 0 aromatic rings. The number of alkyl halides is 1. The maximum Gasteiger partial charge on any atom is 2.00 e. The zero-order valence-corrected chi connectivity index (χ0v) is 8.34. The van der Waals surface area contributed by atoms with Crippen LogP contribution in [0.3, 0.4) is 0 Å². The first-order valence-electron chi connectivity index (χ1n) is 2.06. The number of hydrogen-bond acceptors (Lipinski definition) is 0. The first-order chi connectivity index (χ1) is 3.41. The van der Waals surface area contributed by atoms with Gasteiger partial charge in [-0.3, -0.25) is 0 Å². The monoisotopic (exact) mass is 206 g/mol. The maximum atomic E-state index is 5.06. The van der Waals surface area contributed by atoms with Crippen molar-refractivity contribution in [1.82, 2.24) is 0 Å². The second-order valence-electron chi connectivity index (χ2n) is 1.06. The SMILES string of the molecule is ClC#CCCCBr.[H-].[H-].[Mg+2]. The molecule has 0 aliphatic rings. The van der Waals surface area contributed by atoms with E-state index in [1.807, 2.05) is 0 Å².